The van der Waals surface area contributed by atoms with Crippen molar-refractivity contribution in [2.45, 2.75) is 29.6 Å². The molecule has 1 amide bonds. The van der Waals surface area contributed by atoms with E-state index in [0.717, 1.165) is 41.2 Å². The molecule has 0 atom stereocenters. The zero-order valence-corrected chi connectivity index (χ0v) is 16.8. The van der Waals surface area contributed by atoms with Gasteiger partial charge in [-0.25, -0.2) is 9.78 Å². The van der Waals surface area contributed by atoms with Gasteiger partial charge in [-0.1, -0.05) is 11.8 Å². The van der Waals surface area contributed by atoms with Crippen LogP contribution in [0.2, 0.25) is 0 Å². The number of hydrogen-bond acceptors (Lipinski definition) is 5. The van der Waals surface area contributed by atoms with Gasteiger partial charge in [0, 0.05) is 34.5 Å². The molecule has 7 nitrogen and oxygen atoms in total. The molecular weight excluding hydrogens is 388 g/mol. The van der Waals surface area contributed by atoms with E-state index in [1.165, 1.54) is 5.69 Å². The highest BCUT2D eigenvalue weighted by molar-refractivity contribution is 7.99. The molecule has 0 saturated carbocycles. The molecule has 150 valence electrons. The van der Waals surface area contributed by atoms with Crippen LogP contribution in [0.15, 0.2) is 52.3 Å². The van der Waals surface area contributed by atoms with Gasteiger partial charge in [-0.2, -0.15) is 0 Å². The lowest BCUT2D eigenvalue weighted by Crippen LogP contribution is -2.35. The predicted molar refractivity (Wildman–Crippen MR) is 114 cm³/mol. The predicted octanol–water partition coefficient (Wildman–Crippen LogP) is 4.61. The van der Waals surface area contributed by atoms with Gasteiger partial charge in [-0.3, -0.25) is 10.1 Å². The van der Waals surface area contributed by atoms with E-state index in [9.17, 15) is 9.59 Å². The van der Waals surface area contributed by atoms with Crippen LogP contribution in [0.1, 0.15) is 19.8 Å². The summed E-state index contributed by atoms with van der Waals surface area (Å²) >= 11 is 1.63. The average molecular weight is 410 g/mol. The lowest BCUT2D eigenvalue weighted by molar-refractivity contribution is -0.121. The van der Waals surface area contributed by atoms with Crippen LogP contribution in [0, 0.1) is 5.92 Å². The number of rotatable bonds is 5. The van der Waals surface area contributed by atoms with Crippen molar-refractivity contribution in [1.82, 2.24) is 9.97 Å². The van der Waals surface area contributed by atoms with Gasteiger partial charge in [0.1, 0.15) is 5.78 Å². The number of nitrogens with one attached hydrogen (secondary N) is 2. The number of amides is 1. The number of aromatic amines is 1. The number of piperidine rings is 1. The Morgan fingerprint density at radius 3 is 2.48 bits per heavy atom. The van der Waals surface area contributed by atoms with Crippen LogP contribution >= 0.6 is 11.8 Å². The number of aromatic nitrogens is 2. The molecule has 1 aliphatic heterocycles. The van der Waals surface area contributed by atoms with Crippen LogP contribution in [0.25, 0.3) is 11.0 Å². The number of anilines is 2. The Morgan fingerprint density at radius 2 is 1.83 bits per heavy atom. The molecule has 3 N–H and O–H groups in total. The normalized spacial score (nSPS) is 14.9. The van der Waals surface area contributed by atoms with E-state index < -0.39 is 6.09 Å². The number of H-pyrrole nitrogens is 1. The SMILES string of the molecule is CC(=O)C1CCN(c2ccc(Sc3ccc4[nH]c(NC(=O)O)nc4c3)cc2)CC1. The van der Waals surface area contributed by atoms with Crippen LogP contribution in [0.4, 0.5) is 16.4 Å². The summed E-state index contributed by atoms with van der Waals surface area (Å²) in [6.07, 6.45) is 0.701. The molecule has 4 rings (SSSR count). The maximum absolute atomic E-state index is 11.5. The highest BCUT2D eigenvalue weighted by Gasteiger charge is 2.22. The molecule has 2 heterocycles. The summed E-state index contributed by atoms with van der Waals surface area (Å²) in [7, 11) is 0. The molecule has 3 aromatic rings. The van der Waals surface area contributed by atoms with Gasteiger partial charge >= 0.3 is 6.09 Å². The fraction of sp³-hybridized carbons (Fsp3) is 0.286. The van der Waals surface area contributed by atoms with Crippen LogP contribution in [-0.2, 0) is 4.79 Å². The fourth-order valence-corrected chi connectivity index (χ4v) is 4.47. The largest absolute Gasteiger partial charge is 0.465 e. The molecule has 0 bridgehead atoms. The van der Waals surface area contributed by atoms with E-state index in [-0.39, 0.29) is 11.9 Å². The van der Waals surface area contributed by atoms with Gasteiger partial charge in [-0.15, -0.1) is 0 Å². The molecule has 2 aromatic carbocycles. The molecule has 1 fully saturated rings. The van der Waals surface area contributed by atoms with Crippen molar-refractivity contribution in [3.63, 3.8) is 0 Å². The van der Waals surface area contributed by atoms with Crippen molar-refractivity contribution >= 4 is 46.3 Å². The summed E-state index contributed by atoms with van der Waals surface area (Å²) in [5.41, 5.74) is 2.68. The standard InChI is InChI=1S/C21H22N4O3S/c1-13(26)14-8-10-25(11-9-14)15-2-4-16(5-3-15)29-17-6-7-18-19(12-17)23-20(22-18)24-21(27)28/h2-7,12,14H,8-11H2,1H3,(H,27,28)(H2,22,23,24). The summed E-state index contributed by atoms with van der Waals surface area (Å²) in [6.45, 7) is 3.52. The van der Waals surface area contributed by atoms with Crippen molar-refractivity contribution < 1.29 is 14.7 Å². The first kappa shape index (κ1) is 19.3. The average Bonchev–Trinajstić information content (AvgIpc) is 3.09. The van der Waals surface area contributed by atoms with E-state index in [2.05, 4.69) is 44.5 Å². The number of Topliss-reactive ketones (excluding diaryl/α,β-unsaturated/α-hetero) is 1. The second-order valence-electron chi connectivity index (χ2n) is 7.16. The molecule has 1 aliphatic rings. The number of carboxylic acid groups (broad SMARTS) is 1. The Kier molecular flexibility index (Phi) is 5.44. The lowest BCUT2D eigenvalue weighted by Gasteiger charge is -2.32. The Morgan fingerprint density at radius 1 is 1.14 bits per heavy atom. The van der Waals surface area contributed by atoms with Crippen LogP contribution in [-0.4, -0.2) is 40.0 Å². The van der Waals surface area contributed by atoms with E-state index in [1.807, 2.05) is 18.2 Å². The Hall–Kier alpha value is -3.00. The van der Waals surface area contributed by atoms with Crippen LogP contribution in [0.5, 0.6) is 0 Å². The summed E-state index contributed by atoms with van der Waals surface area (Å²) < 4.78 is 0. The van der Waals surface area contributed by atoms with Crippen molar-refractivity contribution in [3.8, 4) is 0 Å². The number of imidazole rings is 1. The maximum Gasteiger partial charge on any atom is 0.411 e. The van der Waals surface area contributed by atoms with Crippen molar-refractivity contribution in [3.05, 3.63) is 42.5 Å². The summed E-state index contributed by atoms with van der Waals surface area (Å²) in [6, 6.07) is 14.3. The van der Waals surface area contributed by atoms with Gasteiger partial charge in [0.2, 0.25) is 5.95 Å². The number of ketones is 1. The van der Waals surface area contributed by atoms with E-state index in [0.29, 0.717) is 11.3 Å². The molecule has 0 spiro atoms. The van der Waals surface area contributed by atoms with Crippen LogP contribution < -0.4 is 10.2 Å². The molecular formula is C21H22N4O3S. The third kappa shape index (κ3) is 4.54. The zero-order valence-electron chi connectivity index (χ0n) is 16.0. The third-order valence-corrected chi connectivity index (χ3v) is 6.18. The molecule has 1 saturated heterocycles. The molecule has 29 heavy (non-hydrogen) atoms. The number of benzene rings is 2. The van der Waals surface area contributed by atoms with Gasteiger partial charge in [0.25, 0.3) is 0 Å². The van der Waals surface area contributed by atoms with Gasteiger partial charge in [0.15, 0.2) is 0 Å². The van der Waals surface area contributed by atoms with E-state index >= 15 is 0 Å². The summed E-state index contributed by atoms with van der Waals surface area (Å²) in [5, 5.41) is 11.0. The minimum Gasteiger partial charge on any atom is -0.465 e. The van der Waals surface area contributed by atoms with Gasteiger partial charge in [-0.05, 0) is 62.2 Å². The molecule has 0 unspecified atom stereocenters. The molecule has 0 aliphatic carbocycles. The molecule has 1 aromatic heterocycles. The second-order valence-corrected chi connectivity index (χ2v) is 8.31. The smallest absolute Gasteiger partial charge is 0.411 e. The monoisotopic (exact) mass is 410 g/mol. The highest BCUT2D eigenvalue weighted by Crippen LogP contribution is 2.32. The summed E-state index contributed by atoms with van der Waals surface area (Å²) in [4.78, 5) is 34.0. The summed E-state index contributed by atoms with van der Waals surface area (Å²) in [5.74, 6) is 0.730. The van der Waals surface area contributed by atoms with Gasteiger partial charge < -0.3 is 15.0 Å². The maximum atomic E-state index is 11.5. The van der Waals surface area contributed by atoms with Crippen molar-refractivity contribution in [2.75, 3.05) is 23.3 Å². The zero-order chi connectivity index (χ0) is 20.4. The number of carbonyl (C=O) groups is 2. The first-order chi connectivity index (χ1) is 14.0. The van der Waals surface area contributed by atoms with Crippen molar-refractivity contribution in [2.24, 2.45) is 5.92 Å². The fourth-order valence-electron chi connectivity index (χ4n) is 3.61. The van der Waals surface area contributed by atoms with Crippen LogP contribution in [0.3, 0.4) is 0 Å². The molecule has 0 radical (unpaired) electrons. The number of nitrogens with zero attached hydrogens (tertiary/aromatic N) is 2. The Balaban J connectivity index is 1.42. The quantitative estimate of drug-likeness (QED) is 0.568. The lowest BCUT2D eigenvalue weighted by atomic mass is 9.93. The Labute approximate surface area is 172 Å². The van der Waals surface area contributed by atoms with E-state index in [1.54, 1.807) is 18.7 Å². The van der Waals surface area contributed by atoms with Gasteiger partial charge in [0.05, 0.1) is 11.0 Å². The number of carbonyl (C=O) groups excluding carboxylic acids is 1. The highest BCUT2D eigenvalue weighted by atomic mass is 32.2. The molecule has 8 heteroatoms. The number of fused-ring (bicyclic) bond motifs is 1. The third-order valence-electron chi connectivity index (χ3n) is 5.19. The topological polar surface area (TPSA) is 98.3 Å². The first-order valence-corrected chi connectivity index (χ1v) is 10.3. The van der Waals surface area contributed by atoms with Crippen molar-refractivity contribution in [1.29, 1.82) is 0 Å². The minimum absolute atomic E-state index is 0.212. The first-order valence-electron chi connectivity index (χ1n) is 9.51. The van der Waals surface area contributed by atoms with E-state index in [4.69, 9.17) is 5.11 Å². The number of hydrogen-bond donors (Lipinski definition) is 3. The second kappa shape index (κ2) is 8.16. The minimum atomic E-state index is -1.15. The Bertz CT molecular complexity index is 1040.